The Morgan fingerprint density at radius 1 is 1.29 bits per heavy atom. The molecule has 17 heavy (non-hydrogen) atoms. The second-order valence-electron chi connectivity index (χ2n) is 3.36. The Kier molecular flexibility index (Phi) is 4.34. The predicted molar refractivity (Wildman–Crippen MR) is 66.8 cm³/mol. The number of rotatable bonds is 3. The molecule has 0 aliphatic heterocycles. The lowest BCUT2D eigenvalue weighted by atomic mass is 10.1. The molecule has 0 saturated carbocycles. The van der Waals surface area contributed by atoms with Gasteiger partial charge in [0.25, 0.3) is 11.8 Å². The van der Waals surface area contributed by atoms with Crippen LogP contribution >= 0.6 is 23.2 Å². The zero-order chi connectivity index (χ0) is 13.1. The van der Waals surface area contributed by atoms with Crippen molar-refractivity contribution >= 4 is 40.7 Å². The quantitative estimate of drug-likeness (QED) is 0.338. The minimum atomic E-state index is -1.58. The Morgan fingerprint density at radius 2 is 1.88 bits per heavy atom. The van der Waals surface area contributed by atoms with Gasteiger partial charge in [0.05, 0.1) is 11.3 Å². The summed E-state index contributed by atoms with van der Waals surface area (Å²) < 4.78 is -1.58. The minimum absolute atomic E-state index is 0.223. The van der Waals surface area contributed by atoms with Crippen molar-refractivity contribution in [3.8, 4) is 0 Å². The Morgan fingerprint density at radius 3 is 2.41 bits per heavy atom. The molecule has 2 amide bonds. The summed E-state index contributed by atoms with van der Waals surface area (Å²) in [6.07, 6.45) is 0. The smallest absolute Gasteiger partial charge is 0.267 e. The molecule has 0 unspecified atom stereocenters. The molecule has 0 fully saturated rings. The molecule has 0 heterocycles. The Labute approximate surface area is 108 Å². The number of carbonyl (C=O) groups is 2. The molecular formula is C10H11Cl2N3O2. The monoisotopic (exact) mass is 275 g/mol. The van der Waals surface area contributed by atoms with Crippen molar-refractivity contribution in [2.24, 2.45) is 5.84 Å². The number of hydrogen-bond donors (Lipinski definition) is 3. The molecule has 7 heteroatoms. The highest BCUT2D eigenvalue weighted by molar-refractivity contribution is 6.58. The minimum Gasteiger partial charge on any atom is -0.323 e. The highest BCUT2D eigenvalue weighted by atomic mass is 35.5. The van der Waals surface area contributed by atoms with E-state index in [-0.39, 0.29) is 11.3 Å². The fourth-order valence-electron chi connectivity index (χ4n) is 1.10. The van der Waals surface area contributed by atoms with Gasteiger partial charge in [-0.05, 0) is 19.1 Å². The van der Waals surface area contributed by atoms with E-state index in [2.05, 4.69) is 5.32 Å². The first-order chi connectivity index (χ1) is 7.86. The molecule has 0 aliphatic carbocycles. The molecule has 0 aliphatic rings. The van der Waals surface area contributed by atoms with Crippen LogP contribution in [0.2, 0.25) is 0 Å². The largest absolute Gasteiger partial charge is 0.323 e. The molecule has 0 aromatic heterocycles. The fraction of sp³-hybridized carbons (Fsp3) is 0.200. The van der Waals surface area contributed by atoms with E-state index in [0.717, 1.165) is 0 Å². The maximum absolute atomic E-state index is 11.6. The Bertz CT molecular complexity index is 443. The third kappa shape index (κ3) is 3.59. The van der Waals surface area contributed by atoms with Crippen LogP contribution in [0.1, 0.15) is 17.3 Å². The summed E-state index contributed by atoms with van der Waals surface area (Å²) in [7, 11) is 0. The van der Waals surface area contributed by atoms with E-state index < -0.39 is 16.1 Å². The standard InChI is InChI=1S/C10H11Cl2N3O2/c1-10(11,12)9(17)14-7-5-3-2-4-6(7)8(16)15-13/h2-5H,13H2,1H3,(H,14,17)(H,15,16). The van der Waals surface area contributed by atoms with Crippen molar-refractivity contribution in [1.29, 1.82) is 0 Å². The molecule has 0 saturated heterocycles. The third-order valence-corrected chi connectivity index (χ3v) is 2.29. The second kappa shape index (κ2) is 5.35. The van der Waals surface area contributed by atoms with Crippen molar-refractivity contribution in [2.45, 2.75) is 11.3 Å². The topological polar surface area (TPSA) is 84.2 Å². The molecule has 0 radical (unpaired) electrons. The lowest BCUT2D eigenvalue weighted by Gasteiger charge is -2.15. The molecule has 1 rings (SSSR count). The number of hydrazine groups is 1. The molecule has 92 valence electrons. The van der Waals surface area contributed by atoms with Crippen molar-refractivity contribution < 1.29 is 9.59 Å². The molecule has 1 aromatic carbocycles. The van der Waals surface area contributed by atoms with Crippen LogP contribution in [0.3, 0.4) is 0 Å². The van der Waals surface area contributed by atoms with Crippen LogP contribution in [0.15, 0.2) is 24.3 Å². The van der Waals surface area contributed by atoms with Gasteiger partial charge in [0.2, 0.25) is 0 Å². The summed E-state index contributed by atoms with van der Waals surface area (Å²) in [5.41, 5.74) is 2.49. The average molecular weight is 276 g/mol. The highest BCUT2D eigenvalue weighted by Crippen LogP contribution is 2.23. The number of para-hydroxylation sites is 1. The summed E-state index contributed by atoms with van der Waals surface area (Å²) in [5.74, 6) is 3.88. The molecular weight excluding hydrogens is 265 g/mol. The van der Waals surface area contributed by atoms with E-state index >= 15 is 0 Å². The summed E-state index contributed by atoms with van der Waals surface area (Å²) in [4.78, 5) is 23.0. The number of nitrogen functional groups attached to an aromatic ring is 1. The van der Waals surface area contributed by atoms with E-state index in [1.165, 1.54) is 13.0 Å². The zero-order valence-electron chi connectivity index (χ0n) is 8.96. The summed E-state index contributed by atoms with van der Waals surface area (Å²) in [6.45, 7) is 1.33. The SMILES string of the molecule is CC(Cl)(Cl)C(=O)Nc1ccccc1C(=O)NN. The summed E-state index contributed by atoms with van der Waals surface area (Å²) in [5, 5.41) is 2.45. The summed E-state index contributed by atoms with van der Waals surface area (Å²) >= 11 is 11.3. The van der Waals surface area contributed by atoms with Crippen LogP contribution in [-0.2, 0) is 4.79 Å². The number of nitrogens with two attached hydrogens (primary N) is 1. The average Bonchev–Trinajstić information content (AvgIpc) is 2.27. The number of carbonyl (C=O) groups excluding carboxylic acids is 2. The van der Waals surface area contributed by atoms with Crippen molar-refractivity contribution in [3.05, 3.63) is 29.8 Å². The first kappa shape index (κ1) is 13.8. The maximum atomic E-state index is 11.6. The first-order valence-corrected chi connectivity index (χ1v) is 5.41. The lowest BCUT2D eigenvalue weighted by Crippen LogP contribution is -2.33. The van der Waals surface area contributed by atoms with Gasteiger partial charge < -0.3 is 5.32 Å². The van der Waals surface area contributed by atoms with Crippen LogP contribution in [0.4, 0.5) is 5.69 Å². The van der Waals surface area contributed by atoms with Gasteiger partial charge >= 0.3 is 0 Å². The number of benzene rings is 1. The van der Waals surface area contributed by atoms with Gasteiger partial charge in [-0.2, -0.15) is 0 Å². The van der Waals surface area contributed by atoms with Crippen LogP contribution < -0.4 is 16.6 Å². The molecule has 0 spiro atoms. The number of alkyl halides is 2. The fourth-order valence-corrected chi connectivity index (χ4v) is 1.19. The molecule has 0 bridgehead atoms. The van der Waals surface area contributed by atoms with Gasteiger partial charge in [0, 0.05) is 0 Å². The maximum Gasteiger partial charge on any atom is 0.267 e. The molecule has 5 nitrogen and oxygen atoms in total. The number of halogens is 2. The number of anilines is 1. The number of nitrogens with one attached hydrogen (secondary N) is 2. The second-order valence-corrected chi connectivity index (χ2v) is 5.07. The molecule has 4 N–H and O–H groups in total. The van der Waals surface area contributed by atoms with Gasteiger partial charge in [-0.25, -0.2) is 5.84 Å². The Balaban J connectivity index is 2.99. The molecule has 0 atom stereocenters. The van der Waals surface area contributed by atoms with E-state index in [9.17, 15) is 9.59 Å². The van der Waals surface area contributed by atoms with Crippen molar-refractivity contribution in [2.75, 3.05) is 5.32 Å². The Hall–Kier alpha value is -1.30. The van der Waals surface area contributed by atoms with Gasteiger partial charge in [0.1, 0.15) is 0 Å². The van der Waals surface area contributed by atoms with Crippen LogP contribution in [0.5, 0.6) is 0 Å². The van der Waals surface area contributed by atoms with E-state index in [1.807, 2.05) is 5.43 Å². The number of amides is 2. The lowest BCUT2D eigenvalue weighted by molar-refractivity contribution is -0.116. The van der Waals surface area contributed by atoms with Gasteiger partial charge in [0.15, 0.2) is 4.33 Å². The van der Waals surface area contributed by atoms with Crippen LogP contribution in [0.25, 0.3) is 0 Å². The zero-order valence-corrected chi connectivity index (χ0v) is 10.5. The van der Waals surface area contributed by atoms with E-state index in [1.54, 1.807) is 18.2 Å². The van der Waals surface area contributed by atoms with Crippen LogP contribution in [-0.4, -0.2) is 16.1 Å². The number of hydrogen-bond acceptors (Lipinski definition) is 3. The van der Waals surface area contributed by atoms with Crippen LogP contribution in [0, 0.1) is 0 Å². The van der Waals surface area contributed by atoms with Gasteiger partial charge in [-0.1, -0.05) is 35.3 Å². The van der Waals surface area contributed by atoms with E-state index in [0.29, 0.717) is 0 Å². The third-order valence-electron chi connectivity index (χ3n) is 1.95. The van der Waals surface area contributed by atoms with E-state index in [4.69, 9.17) is 29.0 Å². The van der Waals surface area contributed by atoms with Crippen molar-refractivity contribution in [1.82, 2.24) is 5.43 Å². The normalized spacial score (nSPS) is 10.8. The van der Waals surface area contributed by atoms with Gasteiger partial charge in [-0.15, -0.1) is 0 Å². The summed E-state index contributed by atoms with van der Waals surface area (Å²) in [6, 6.07) is 6.35. The first-order valence-electron chi connectivity index (χ1n) is 4.65. The molecule has 1 aromatic rings. The van der Waals surface area contributed by atoms with Gasteiger partial charge in [-0.3, -0.25) is 15.0 Å². The predicted octanol–water partition coefficient (Wildman–Crippen LogP) is 1.42. The highest BCUT2D eigenvalue weighted by Gasteiger charge is 2.28. The van der Waals surface area contributed by atoms with Crippen molar-refractivity contribution in [3.63, 3.8) is 0 Å².